The first-order chi connectivity index (χ1) is 8.02. The minimum absolute atomic E-state index is 0.234. The molecule has 0 fully saturated rings. The minimum Gasteiger partial charge on any atom is -0.388 e. The van der Waals surface area contributed by atoms with Crippen LogP contribution in [0.25, 0.3) is 10.9 Å². The highest BCUT2D eigenvalue weighted by molar-refractivity contribution is 14.1. The zero-order valence-electron chi connectivity index (χ0n) is 8.77. The Balaban J connectivity index is 2.82. The standard InChI is InChI=1S/C11H8ClF2IN2/c1-16-8-4-9(11(13)14)17-10-6(8)2-5(12)3-7(10)15/h2-4,11H,1H3,(H,16,17). The van der Waals surface area contributed by atoms with Gasteiger partial charge in [-0.15, -0.1) is 0 Å². The van der Waals surface area contributed by atoms with Crippen molar-refractivity contribution in [3.63, 3.8) is 0 Å². The number of fused-ring (bicyclic) bond motifs is 1. The third kappa shape index (κ3) is 2.44. The fraction of sp³-hybridized carbons (Fsp3) is 0.182. The zero-order valence-corrected chi connectivity index (χ0v) is 11.7. The summed E-state index contributed by atoms with van der Waals surface area (Å²) < 4.78 is 26.2. The van der Waals surface area contributed by atoms with Crippen LogP contribution in [0.2, 0.25) is 5.02 Å². The van der Waals surface area contributed by atoms with Crippen molar-refractivity contribution in [1.82, 2.24) is 4.98 Å². The maximum absolute atomic E-state index is 12.7. The summed E-state index contributed by atoms with van der Waals surface area (Å²) in [5.41, 5.74) is 0.907. The van der Waals surface area contributed by atoms with Crippen LogP contribution in [0.3, 0.4) is 0 Å². The molecule has 0 aliphatic rings. The molecule has 0 atom stereocenters. The van der Waals surface area contributed by atoms with Gasteiger partial charge in [0.2, 0.25) is 0 Å². The highest BCUT2D eigenvalue weighted by Crippen LogP contribution is 2.32. The summed E-state index contributed by atoms with van der Waals surface area (Å²) in [5.74, 6) is 0. The Bertz CT molecular complexity index is 575. The predicted octanol–water partition coefficient (Wildman–Crippen LogP) is 4.47. The number of alkyl halides is 2. The molecule has 0 aliphatic carbocycles. The van der Waals surface area contributed by atoms with Crippen LogP contribution < -0.4 is 5.32 Å². The van der Waals surface area contributed by atoms with E-state index in [2.05, 4.69) is 10.3 Å². The molecule has 17 heavy (non-hydrogen) atoms. The van der Waals surface area contributed by atoms with Gasteiger partial charge in [0.05, 0.1) is 5.52 Å². The molecule has 2 nitrogen and oxygen atoms in total. The van der Waals surface area contributed by atoms with Crippen LogP contribution in [-0.2, 0) is 0 Å². The van der Waals surface area contributed by atoms with Crippen molar-refractivity contribution in [2.45, 2.75) is 6.43 Å². The number of nitrogens with one attached hydrogen (secondary N) is 1. The van der Waals surface area contributed by atoms with Gasteiger partial charge >= 0.3 is 0 Å². The number of nitrogens with zero attached hydrogens (tertiary/aromatic N) is 1. The second kappa shape index (κ2) is 4.89. The summed E-state index contributed by atoms with van der Waals surface area (Å²) in [6.45, 7) is 0. The number of rotatable bonds is 2. The number of anilines is 1. The van der Waals surface area contributed by atoms with Gasteiger partial charge in [0.1, 0.15) is 5.69 Å². The quantitative estimate of drug-likeness (QED) is 0.791. The lowest BCUT2D eigenvalue weighted by Gasteiger charge is -2.10. The van der Waals surface area contributed by atoms with E-state index in [1.54, 1.807) is 19.2 Å². The Morgan fingerprint density at radius 1 is 1.35 bits per heavy atom. The van der Waals surface area contributed by atoms with Crippen LogP contribution in [0.15, 0.2) is 18.2 Å². The van der Waals surface area contributed by atoms with Crippen molar-refractivity contribution >= 4 is 50.8 Å². The molecule has 1 aromatic heterocycles. The molecule has 2 rings (SSSR count). The average Bonchev–Trinajstić information content (AvgIpc) is 2.27. The van der Waals surface area contributed by atoms with Crippen molar-refractivity contribution in [3.05, 3.63) is 32.5 Å². The molecular weight excluding hydrogens is 360 g/mol. The van der Waals surface area contributed by atoms with E-state index in [0.717, 1.165) is 8.96 Å². The van der Waals surface area contributed by atoms with E-state index in [9.17, 15) is 8.78 Å². The first-order valence-corrected chi connectivity index (χ1v) is 6.24. The van der Waals surface area contributed by atoms with Crippen molar-refractivity contribution in [2.24, 2.45) is 0 Å². The number of aromatic nitrogens is 1. The van der Waals surface area contributed by atoms with Crippen LogP contribution in [0.1, 0.15) is 12.1 Å². The SMILES string of the molecule is CNc1cc(C(F)F)nc2c(I)cc(Cl)cc12. The molecule has 0 saturated carbocycles. The second-order valence-corrected chi connectivity index (χ2v) is 5.03. The molecule has 0 unspecified atom stereocenters. The molecule has 90 valence electrons. The van der Waals surface area contributed by atoms with Gasteiger partial charge in [-0.25, -0.2) is 13.8 Å². The number of benzene rings is 1. The normalized spacial score (nSPS) is 11.2. The summed E-state index contributed by atoms with van der Waals surface area (Å²) in [6, 6.07) is 4.76. The van der Waals surface area contributed by atoms with Gasteiger partial charge in [-0.1, -0.05) is 11.6 Å². The number of pyridine rings is 1. The molecule has 1 aromatic carbocycles. The van der Waals surface area contributed by atoms with Crippen LogP contribution >= 0.6 is 34.2 Å². The molecule has 0 spiro atoms. The lowest BCUT2D eigenvalue weighted by Crippen LogP contribution is -1.98. The van der Waals surface area contributed by atoms with E-state index < -0.39 is 6.43 Å². The topological polar surface area (TPSA) is 24.9 Å². The molecule has 2 aromatic rings. The smallest absolute Gasteiger partial charge is 0.280 e. The molecule has 1 heterocycles. The third-order valence-corrected chi connectivity index (χ3v) is 3.38. The lowest BCUT2D eigenvalue weighted by atomic mass is 10.1. The van der Waals surface area contributed by atoms with Gasteiger partial charge in [0, 0.05) is 26.7 Å². The van der Waals surface area contributed by atoms with Gasteiger partial charge < -0.3 is 5.32 Å². The van der Waals surface area contributed by atoms with E-state index in [4.69, 9.17) is 11.6 Å². The van der Waals surface area contributed by atoms with E-state index in [-0.39, 0.29) is 5.69 Å². The van der Waals surface area contributed by atoms with Crippen molar-refractivity contribution in [1.29, 1.82) is 0 Å². The van der Waals surface area contributed by atoms with Gasteiger partial charge in [0.15, 0.2) is 0 Å². The Labute approximate surface area is 116 Å². The van der Waals surface area contributed by atoms with Crippen LogP contribution in [0, 0.1) is 3.57 Å². The van der Waals surface area contributed by atoms with Crippen molar-refractivity contribution in [2.75, 3.05) is 12.4 Å². The summed E-state index contributed by atoms with van der Waals surface area (Å²) in [7, 11) is 1.68. The van der Waals surface area contributed by atoms with Crippen LogP contribution in [0.4, 0.5) is 14.5 Å². The maximum atomic E-state index is 12.7. The van der Waals surface area contributed by atoms with Crippen molar-refractivity contribution in [3.8, 4) is 0 Å². The molecule has 6 heteroatoms. The largest absolute Gasteiger partial charge is 0.388 e. The first kappa shape index (κ1) is 12.8. The Kier molecular flexibility index (Phi) is 3.67. The summed E-state index contributed by atoms with van der Waals surface area (Å²) >= 11 is 7.98. The third-order valence-electron chi connectivity index (χ3n) is 2.34. The lowest BCUT2D eigenvalue weighted by molar-refractivity contribution is 0.146. The van der Waals surface area contributed by atoms with Crippen molar-refractivity contribution < 1.29 is 8.78 Å². The molecule has 0 aliphatic heterocycles. The van der Waals surface area contributed by atoms with E-state index >= 15 is 0 Å². The van der Waals surface area contributed by atoms with Gasteiger partial charge in [-0.2, -0.15) is 0 Å². The molecule has 0 radical (unpaired) electrons. The Hall–Kier alpha value is -0.690. The van der Waals surface area contributed by atoms with E-state index in [0.29, 0.717) is 16.2 Å². The molecule has 0 bridgehead atoms. The number of hydrogen-bond acceptors (Lipinski definition) is 2. The first-order valence-electron chi connectivity index (χ1n) is 4.78. The highest BCUT2D eigenvalue weighted by Gasteiger charge is 2.14. The molecular formula is C11H8ClF2IN2. The highest BCUT2D eigenvalue weighted by atomic mass is 127. The van der Waals surface area contributed by atoms with Gasteiger partial charge in [0.25, 0.3) is 6.43 Å². The summed E-state index contributed by atoms with van der Waals surface area (Å²) in [4.78, 5) is 3.97. The number of halogens is 4. The predicted molar refractivity (Wildman–Crippen MR) is 74.0 cm³/mol. The van der Waals surface area contributed by atoms with Crippen LogP contribution in [-0.4, -0.2) is 12.0 Å². The molecule has 1 N–H and O–H groups in total. The van der Waals surface area contributed by atoms with Gasteiger partial charge in [-0.3, -0.25) is 0 Å². The van der Waals surface area contributed by atoms with E-state index in [1.807, 2.05) is 22.6 Å². The monoisotopic (exact) mass is 368 g/mol. The zero-order chi connectivity index (χ0) is 12.6. The molecule has 0 amide bonds. The van der Waals surface area contributed by atoms with Crippen LogP contribution in [0.5, 0.6) is 0 Å². The maximum Gasteiger partial charge on any atom is 0.280 e. The Morgan fingerprint density at radius 3 is 2.65 bits per heavy atom. The molecule has 0 saturated heterocycles. The second-order valence-electron chi connectivity index (χ2n) is 3.43. The average molecular weight is 369 g/mol. The fourth-order valence-corrected chi connectivity index (χ4v) is 2.74. The summed E-state index contributed by atoms with van der Waals surface area (Å²) in [5, 5.41) is 4.19. The minimum atomic E-state index is -2.59. The fourth-order valence-electron chi connectivity index (χ4n) is 1.59. The Morgan fingerprint density at radius 2 is 2.06 bits per heavy atom. The van der Waals surface area contributed by atoms with Gasteiger partial charge in [-0.05, 0) is 40.8 Å². The number of hydrogen-bond donors (Lipinski definition) is 1. The summed E-state index contributed by atoms with van der Waals surface area (Å²) in [6.07, 6.45) is -2.59. The van der Waals surface area contributed by atoms with E-state index in [1.165, 1.54) is 6.07 Å².